The first-order chi connectivity index (χ1) is 9.95. The van der Waals surface area contributed by atoms with Crippen LogP contribution in [0.4, 0.5) is 0 Å². The van der Waals surface area contributed by atoms with Crippen molar-refractivity contribution in [3.8, 4) is 0 Å². The average molecular weight is 327 g/mol. The Kier molecular flexibility index (Phi) is 4.80. The second-order valence-electron chi connectivity index (χ2n) is 4.48. The van der Waals surface area contributed by atoms with Crippen molar-refractivity contribution in [2.45, 2.75) is 24.0 Å². The van der Waals surface area contributed by atoms with Crippen molar-refractivity contribution in [1.82, 2.24) is 9.78 Å². The monoisotopic (exact) mass is 326 g/mol. The van der Waals surface area contributed by atoms with Crippen LogP contribution in [-0.2, 0) is 30.0 Å². The molecule has 0 aliphatic carbocycles. The maximum atomic E-state index is 12.5. The molecule has 1 heterocycles. The Labute approximate surface area is 130 Å². The van der Waals surface area contributed by atoms with Gasteiger partial charge in [-0.25, -0.2) is 4.79 Å². The molecule has 7 heteroatoms. The molecule has 1 unspecified atom stereocenters. The van der Waals surface area contributed by atoms with Gasteiger partial charge in [-0.2, -0.15) is 5.10 Å². The Morgan fingerprint density at radius 2 is 2.10 bits per heavy atom. The van der Waals surface area contributed by atoms with E-state index < -0.39 is 16.8 Å². The van der Waals surface area contributed by atoms with Crippen molar-refractivity contribution in [1.29, 1.82) is 0 Å². The van der Waals surface area contributed by atoms with E-state index in [1.54, 1.807) is 29.9 Å². The largest absolute Gasteiger partial charge is 0.478 e. The van der Waals surface area contributed by atoms with Gasteiger partial charge in [-0.05, 0) is 18.6 Å². The van der Waals surface area contributed by atoms with Crippen LogP contribution in [0.5, 0.6) is 0 Å². The van der Waals surface area contributed by atoms with Crippen molar-refractivity contribution in [2.24, 2.45) is 7.05 Å². The van der Waals surface area contributed by atoms with E-state index >= 15 is 0 Å². The van der Waals surface area contributed by atoms with Crippen LogP contribution < -0.4 is 0 Å². The van der Waals surface area contributed by atoms with Gasteiger partial charge in [0.2, 0.25) is 0 Å². The molecule has 0 aliphatic rings. The molecule has 0 saturated carbocycles. The smallest absolute Gasteiger partial charge is 0.336 e. The molecular formula is C14H15ClN2O3S. The minimum Gasteiger partial charge on any atom is -0.478 e. The molecule has 21 heavy (non-hydrogen) atoms. The maximum Gasteiger partial charge on any atom is 0.336 e. The quantitative estimate of drug-likeness (QED) is 0.916. The van der Waals surface area contributed by atoms with E-state index in [1.165, 1.54) is 6.07 Å². The molecule has 0 spiro atoms. The van der Waals surface area contributed by atoms with Crippen LogP contribution >= 0.6 is 11.6 Å². The van der Waals surface area contributed by atoms with Crippen LogP contribution in [0.2, 0.25) is 5.02 Å². The first-order valence-electron chi connectivity index (χ1n) is 6.36. The van der Waals surface area contributed by atoms with E-state index in [9.17, 15) is 9.00 Å². The minimum absolute atomic E-state index is 0.0461. The van der Waals surface area contributed by atoms with Gasteiger partial charge in [-0.1, -0.05) is 30.7 Å². The Hall–Kier alpha value is -1.66. The van der Waals surface area contributed by atoms with Crippen molar-refractivity contribution < 1.29 is 14.1 Å². The number of halogens is 1. The van der Waals surface area contributed by atoms with Crippen LogP contribution in [0.1, 0.15) is 28.7 Å². The zero-order chi connectivity index (χ0) is 15.6. The summed E-state index contributed by atoms with van der Waals surface area (Å²) in [6, 6.07) is 6.28. The van der Waals surface area contributed by atoms with Gasteiger partial charge in [0.15, 0.2) is 0 Å². The van der Waals surface area contributed by atoms with Crippen LogP contribution in [0.25, 0.3) is 0 Å². The fourth-order valence-corrected chi connectivity index (χ4v) is 3.83. The molecule has 0 amide bonds. The van der Waals surface area contributed by atoms with Gasteiger partial charge in [0.1, 0.15) is 0 Å². The van der Waals surface area contributed by atoms with Crippen molar-refractivity contribution >= 4 is 28.4 Å². The summed E-state index contributed by atoms with van der Waals surface area (Å²) in [6.45, 7) is 1.94. The molecule has 0 radical (unpaired) electrons. The molecule has 5 nitrogen and oxygen atoms in total. The highest BCUT2D eigenvalue weighted by Crippen LogP contribution is 2.24. The third-order valence-corrected chi connectivity index (χ3v) is 4.95. The lowest BCUT2D eigenvalue weighted by atomic mass is 10.2. The Bertz CT molecular complexity index is 712. The maximum absolute atomic E-state index is 12.5. The molecule has 112 valence electrons. The Morgan fingerprint density at radius 3 is 2.67 bits per heavy atom. The summed E-state index contributed by atoms with van der Waals surface area (Å²) in [5.41, 5.74) is 1.44. The van der Waals surface area contributed by atoms with E-state index in [0.29, 0.717) is 22.0 Å². The molecular weight excluding hydrogens is 312 g/mol. The van der Waals surface area contributed by atoms with Gasteiger partial charge in [-0.15, -0.1) is 0 Å². The Balaban J connectivity index is 2.35. The third kappa shape index (κ3) is 3.16. The second kappa shape index (κ2) is 6.41. The minimum atomic E-state index is -1.50. The van der Waals surface area contributed by atoms with Gasteiger partial charge in [0.25, 0.3) is 0 Å². The number of benzene rings is 1. The zero-order valence-electron chi connectivity index (χ0n) is 11.7. The molecule has 1 aromatic carbocycles. The van der Waals surface area contributed by atoms with E-state index in [1.807, 2.05) is 6.92 Å². The molecule has 2 rings (SSSR count). The van der Waals surface area contributed by atoms with E-state index in [4.69, 9.17) is 16.7 Å². The first-order valence-corrected chi connectivity index (χ1v) is 8.06. The van der Waals surface area contributed by atoms with E-state index in [0.717, 1.165) is 5.69 Å². The Morgan fingerprint density at radius 1 is 1.43 bits per heavy atom. The van der Waals surface area contributed by atoms with Crippen molar-refractivity contribution in [3.63, 3.8) is 0 Å². The van der Waals surface area contributed by atoms with Crippen molar-refractivity contribution in [3.05, 3.63) is 46.2 Å². The molecule has 2 aromatic rings. The highest BCUT2D eigenvalue weighted by molar-refractivity contribution is 7.84. The lowest BCUT2D eigenvalue weighted by molar-refractivity contribution is 0.0693. The number of carbonyl (C=O) groups is 1. The fraction of sp³-hybridized carbons (Fsp3) is 0.286. The van der Waals surface area contributed by atoms with Gasteiger partial charge in [0.05, 0.1) is 43.4 Å². The third-order valence-electron chi connectivity index (χ3n) is 3.13. The molecule has 0 aliphatic heterocycles. The van der Waals surface area contributed by atoms with Gasteiger partial charge < -0.3 is 5.11 Å². The summed E-state index contributed by atoms with van der Waals surface area (Å²) in [4.78, 5) is 11.5. The first kappa shape index (κ1) is 15.7. The topological polar surface area (TPSA) is 72.2 Å². The summed E-state index contributed by atoms with van der Waals surface area (Å²) in [7, 11) is 0.235. The lowest BCUT2D eigenvalue weighted by Crippen LogP contribution is -2.08. The average Bonchev–Trinajstić information content (AvgIpc) is 2.74. The number of aryl methyl sites for hydroxylation is 2. The zero-order valence-corrected chi connectivity index (χ0v) is 13.2. The summed E-state index contributed by atoms with van der Waals surface area (Å²) in [6.07, 6.45) is 0.686. The fourth-order valence-electron chi connectivity index (χ4n) is 2.02. The standard InChI is InChI=1S/C14H15ClN2O3S/c1-3-10-13(15)11(17(2)16-10)8-21(20)12-7-5-4-6-9(12)14(18)19/h4-7H,3,8H2,1-2H3,(H,18,19). The second-order valence-corrected chi connectivity index (χ2v) is 6.27. The lowest BCUT2D eigenvalue weighted by Gasteiger charge is -2.07. The molecule has 0 bridgehead atoms. The number of hydrogen-bond donors (Lipinski definition) is 1. The summed E-state index contributed by atoms with van der Waals surface area (Å²) in [5.74, 6) is -0.962. The molecule has 1 atom stereocenters. The van der Waals surface area contributed by atoms with Gasteiger partial charge in [0, 0.05) is 7.05 Å². The molecule has 0 saturated heterocycles. The molecule has 0 fully saturated rings. The highest BCUT2D eigenvalue weighted by atomic mass is 35.5. The van der Waals surface area contributed by atoms with E-state index in [-0.39, 0.29) is 11.3 Å². The number of nitrogens with zero attached hydrogens (tertiary/aromatic N) is 2. The van der Waals surface area contributed by atoms with Crippen LogP contribution in [0, 0.1) is 0 Å². The predicted octanol–water partition coefficient (Wildman–Crippen LogP) is 2.64. The summed E-state index contributed by atoms with van der Waals surface area (Å²) in [5, 5.41) is 13.9. The number of aromatic carboxylic acids is 1. The predicted molar refractivity (Wildman–Crippen MR) is 81.1 cm³/mol. The number of aromatic nitrogens is 2. The number of rotatable bonds is 5. The number of hydrogen-bond acceptors (Lipinski definition) is 3. The molecule has 1 aromatic heterocycles. The summed E-state index contributed by atoms with van der Waals surface area (Å²) >= 11 is 6.23. The normalized spacial score (nSPS) is 12.3. The van der Waals surface area contributed by atoms with Crippen LogP contribution in [0.3, 0.4) is 0 Å². The van der Waals surface area contributed by atoms with Gasteiger partial charge in [-0.3, -0.25) is 8.89 Å². The van der Waals surface area contributed by atoms with E-state index in [2.05, 4.69) is 5.10 Å². The number of carboxylic acids is 1. The van der Waals surface area contributed by atoms with Crippen molar-refractivity contribution in [2.75, 3.05) is 0 Å². The molecule has 1 N–H and O–H groups in total. The summed E-state index contributed by atoms with van der Waals surface area (Å²) < 4.78 is 14.1. The highest BCUT2D eigenvalue weighted by Gasteiger charge is 2.19. The SMILES string of the molecule is CCc1nn(C)c(CS(=O)c2ccccc2C(=O)O)c1Cl. The van der Waals surface area contributed by atoms with Crippen LogP contribution in [-0.4, -0.2) is 25.1 Å². The van der Waals surface area contributed by atoms with Gasteiger partial charge >= 0.3 is 5.97 Å². The number of carboxylic acid groups (broad SMARTS) is 1. The van der Waals surface area contributed by atoms with Crippen LogP contribution in [0.15, 0.2) is 29.2 Å².